The minimum Gasteiger partial charge on any atom is -0.391 e. The van der Waals surface area contributed by atoms with Crippen LogP contribution in [-0.2, 0) is 6.42 Å². The Morgan fingerprint density at radius 3 is 2.30 bits per heavy atom. The molecule has 2 nitrogen and oxygen atoms in total. The van der Waals surface area contributed by atoms with E-state index in [2.05, 4.69) is 48.5 Å². The number of aliphatic hydroxyl groups is 1. The maximum absolute atomic E-state index is 13.4. The fraction of sp³-hybridized carbons (Fsp3) is 0.625. The second kappa shape index (κ2) is 7.53. The van der Waals surface area contributed by atoms with Gasteiger partial charge in [-0.1, -0.05) is 36.7 Å². The first-order valence-electron chi connectivity index (χ1n) is 7.25. The Hall–Kier alpha value is -0.450. The van der Waals surface area contributed by atoms with Crippen molar-refractivity contribution in [2.24, 2.45) is 0 Å². The van der Waals surface area contributed by atoms with Gasteiger partial charge in [-0.15, -0.1) is 0 Å². The van der Waals surface area contributed by atoms with E-state index in [-0.39, 0.29) is 11.4 Å². The zero-order chi connectivity index (χ0) is 15.3. The van der Waals surface area contributed by atoms with E-state index < -0.39 is 6.10 Å². The van der Waals surface area contributed by atoms with Crippen LogP contribution in [0.1, 0.15) is 39.7 Å². The SMILES string of the molecule is CCN(CC)C(C)(CC)C(O)Cc1cc(F)cc(Br)c1. The highest BCUT2D eigenvalue weighted by atomic mass is 79.9. The van der Waals surface area contributed by atoms with Crippen molar-refractivity contribution in [3.63, 3.8) is 0 Å². The van der Waals surface area contributed by atoms with E-state index >= 15 is 0 Å². The van der Waals surface area contributed by atoms with Crippen LogP contribution in [0.5, 0.6) is 0 Å². The van der Waals surface area contributed by atoms with Gasteiger partial charge in [0.2, 0.25) is 0 Å². The van der Waals surface area contributed by atoms with Gasteiger partial charge in [0.05, 0.1) is 6.10 Å². The summed E-state index contributed by atoms with van der Waals surface area (Å²) in [6, 6.07) is 4.79. The zero-order valence-electron chi connectivity index (χ0n) is 12.8. The molecule has 4 heteroatoms. The number of likely N-dealkylation sites (N-methyl/N-ethyl adjacent to an activating group) is 1. The molecule has 0 aliphatic carbocycles. The van der Waals surface area contributed by atoms with Crippen molar-refractivity contribution in [3.8, 4) is 0 Å². The summed E-state index contributed by atoms with van der Waals surface area (Å²) in [6.07, 6.45) is 0.782. The minimum atomic E-state index is -0.527. The van der Waals surface area contributed by atoms with Gasteiger partial charge in [-0.2, -0.15) is 0 Å². The molecule has 0 aromatic heterocycles. The molecule has 2 atom stereocenters. The van der Waals surface area contributed by atoms with Crippen LogP contribution in [0.2, 0.25) is 0 Å². The molecule has 1 aromatic carbocycles. The second-order valence-electron chi connectivity index (χ2n) is 5.38. The molecule has 0 bridgehead atoms. The third-order valence-electron chi connectivity index (χ3n) is 4.27. The molecule has 20 heavy (non-hydrogen) atoms. The number of rotatable bonds is 7. The lowest BCUT2D eigenvalue weighted by molar-refractivity contribution is -0.0190. The van der Waals surface area contributed by atoms with Gasteiger partial charge in [0.25, 0.3) is 0 Å². The fourth-order valence-electron chi connectivity index (χ4n) is 2.79. The Morgan fingerprint density at radius 2 is 1.85 bits per heavy atom. The lowest BCUT2D eigenvalue weighted by Crippen LogP contribution is -2.54. The van der Waals surface area contributed by atoms with Crippen LogP contribution in [0.4, 0.5) is 4.39 Å². The van der Waals surface area contributed by atoms with Crippen molar-refractivity contribution in [2.45, 2.75) is 52.2 Å². The van der Waals surface area contributed by atoms with Gasteiger partial charge in [0, 0.05) is 16.4 Å². The first kappa shape index (κ1) is 17.6. The topological polar surface area (TPSA) is 23.5 Å². The molecule has 1 N–H and O–H groups in total. The standard InChI is InChI=1S/C16H25BrFNO/c1-5-16(4,19(6-2)7-3)15(20)10-12-8-13(17)11-14(18)9-12/h8-9,11,15,20H,5-7,10H2,1-4H3. The predicted molar refractivity (Wildman–Crippen MR) is 85.4 cm³/mol. The number of aliphatic hydroxyl groups excluding tert-OH is 1. The summed E-state index contributed by atoms with van der Waals surface area (Å²) in [6.45, 7) is 10.2. The molecule has 0 spiro atoms. The minimum absolute atomic E-state index is 0.275. The third kappa shape index (κ3) is 4.03. The predicted octanol–water partition coefficient (Wildman–Crippen LogP) is 4.00. The van der Waals surface area contributed by atoms with Crippen molar-refractivity contribution >= 4 is 15.9 Å². The van der Waals surface area contributed by atoms with E-state index in [0.717, 1.165) is 25.1 Å². The largest absolute Gasteiger partial charge is 0.391 e. The average Bonchev–Trinajstić information content (AvgIpc) is 2.38. The van der Waals surface area contributed by atoms with Gasteiger partial charge in [-0.25, -0.2) is 4.39 Å². The van der Waals surface area contributed by atoms with Crippen molar-refractivity contribution in [1.29, 1.82) is 0 Å². The zero-order valence-corrected chi connectivity index (χ0v) is 14.4. The molecule has 0 saturated heterocycles. The molecule has 0 aliphatic rings. The highest BCUT2D eigenvalue weighted by Crippen LogP contribution is 2.27. The van der Waals surface area contributed by atoms with Crippen LogP contribution in [0.25, 0.3) is 0 Å². The van der Waals surface area contributed by atoms with E-state index in [9.17, 15) is 9.50 Å². The van der Waals surface area contributed by atoms with Crippen molar-refractivity contribution in [1.82, 2.24) is 4.90 Å². The Labute approximate surface area is 130 Å². The first-order valence-corrected chi connectivity index (χ1v) is 8.04. The molecule has 1 rings (SSSR count). The van der Waals surface area contributed by atoms with Crippen LogP contribution in [0.15, 0.2) is 22.7 Å². The Morgan fingerprint density at radius 1 is 1.25 bits per heavy atom. The van der Waals surface area contributed by atoms with Gasteiger partial charge in [0.1, 0.15) is 5.82 Å². The number of hydrogen-bond donors (Lipinski definition) is 1. The third-order valence-corrected chi connectivity index (χ3v) is 4.73. The Balaban J connectivity index is 2.94. The summed E-state index contributed by atoms with van der Waals surface area (Å²) >= 11 is 3.29. The normalized spacial score (nSPS) is 16.2. The molecule has 0 radical (unpaired) electrons. The molecule has 2 unspecified atom stereocenters. The lowest BCUT2D eigenvalue weighted by atomic mass is 9.85. The molecule has 0 heterocycles. The highest BCUT2D eigenvalue weighted by Gasteiger charge is 2.35. The van der Waals surface area contributed by atoms with E-state index in [1.807, 2.05) is 6.07 Å². The van der Waals surface area contributed by atoms with Crippen molar-refractivity contribution in [2.75, 3.05) is 13.1 Å². The highest BCUT2D eigenvalue weighted by molar-refractivity contribution is 9.10. The van der Waals surface area contributed by atoms with Gasteiger partial charge in [-0.3, -0.25) is 4.90 Å². The van der Waals surface area contributed by atoms with Gasteiger partial charge >= 0.3 is 0 Å². The maximum Gasteiger partial charge on any atom is 0.124 e. The van der Waals surface area contributed by atoms with E-state index in [1.54, 1.807) is 0 Å². The molecule has 0 fully saturated rings. The first-order chi connectivity index (χ1) is 9.37. The molecule has 0 aliphatic heterocycles. The van der Waals surface area contributed by atoms with Crippen molar-refractivity contribution in [3.05, 3.63) is 34.1 Å². The smallest absolute Gasteiger partial charge is 0.124 e. The van der Waals surface area contributed by atoms with Crippen LogP contribution in [-0.4, -0.2) is 34.7 Å². The number of benzene rings is 1. The molecule has 0 amide bonds. The Bertz CT molecular complexity index is 416. The summed E-state index contributed by atoms with van der Waals surface area (Å²) in [7, 11) is 0. The fourth-order valence-corrected chi connectivity index (χ4v) is 3.30. The van der Waals surface area contributed by atoms with Crippen LogP contribution in [0.3, 0.4) is 0 Å². The monoisotopic (exact) mass is 345 g/mol. The Kier molecular flexibility index (Phi) is 6.62. The summed E-state index contributed by atoms with van der Waals surface area (Å²) in [5.74, 6) is -0.275. The summed E-state index contributed by atoms with van der Waals surface area (Å²) in [4.78, 5) is 2.27. The summed E-state index contributed by atoms with van der Waals surface area (Å²) in [5, 5.41) is 10.7. The van der Waals surface area contributed by atoms with E-state index in [4.69, 9.17) is 0 Å². The molecule has 0 saturated carbocycles. The average molecular weight is 346 g/mol. The van der Waals surface area contributed by atoms with E-state index in [0.29, 0.717) is 10.9 Å². The lowest BCUT2D eigenvalue weighted by Gasteiger charge is -2.43. The molecule has 114 valence electrons. The van der Waals surface area contributed by atoms with Crippen LogP contribution >= 0.6 is 15.9 Å². The second-order valence-corrected chi connectivity index (χ2v) is 6.30. The summed E-state index contributed by atoms with van der Waals surface area (Å²) in [5.41, 5.74) is 0.527. The quantitative estimate of drug-likeness (QED) is 0.807. The molecular formula is C16H25BrFNO. The van der Waals surface area contributed by atoms with Crippen LogP contribution in [0, 0.1) is 5.82 Å². The molecule has 1 aromatic rings. The maximum atomic E-state index is 13.4. The van der Waals surface area contributed by atoms with Gasteiger partial charge < -0.3 is 5.11 Å². The van der Waals surface area contributed by atoms with Gasteiger partial charge in [-0.05, 0) is 50.2 Å². The summed E-state index contributed by atoms with van der Waals surface area (Å²) < 4.78 is 14.1. The van der Waals surface area contributed by atoms with E-state index in [1.165, 1.54) is 12.1 Å². The number of nitrogens with zero attached hydrogens (tertiary/aromatic N) is 1. The van der Waals surface area contributed by atoms with Crippen LogP contribution < -0.4 is 0 Å². The number of halogens is 2. The van der Waals surface area contributed by atoms with Gasteiger partial charge in [0.15, 0.2) is 0 Å². The number of hydrogen-bond acceptors (Lipinski definition) is 2. The molecular weight excluding hydrogens is 321 g/mol. The van der Waals surface area contributed by atoms with Crippen molar-refractivity contribution < 1.29 is 9.50 Å².